The molecule has 0 saturated heterocycles. The van der Waals surface area contributed by atoms with E-state index in [1.807, 2.05) is 0 Å². The van der Waals surface area contributed by atoms with Crippen LogP contribution in [0, 0.1) is 5.25 Å². The van der Waals surface area contributed by atoms with E-state index in [2.05, 4.69) is 0 Å². The van der Waals surface area contributed by atoms with Crippen LogP contribution in [0.3, 0.4) is 0 Å². The van der Waals surface area contributed by atoms with E-state index in [-0.39, 0.29) is 63.4 Å². The molecule has 44 valence electrons. The average molecular weight is 209 g/mol. The molecule has 0 spiro atoms. The SMILES string of the molecule is C[C-](C)S(=O)(=O)O.[Rb+]. The van der Waals surface area contributed by atoms with Crippen molar-refractivity contribution in [3.05, 3.63) is 5.25 Å². The summed E-state index contributed by atoms with van der Waals surface area (Å²) < 4.78 is 27.7. The molecule has 0 aromatic heterocycles. The van der Waals surface area contributed by atoms with Gasteiger partial charge in [-0.05, 0) is 0 Å². The first-order chi connectivity index (χ1) is 2.94. The van der Waals surface area contributed by atoms with E-state index < -0.39 is 10.1 Å². The van der Waals surface area contributed by atoms with Gasteiger partial charge in [0.05, 0.1) is 0 Å². The molecule has 0 atom stereocenters. The van der Waals surface area contributed by atoms with Gasteiger partial charge in [0.15, 0.2) is 0 Å². The van der Waals surface area contributed by atoms with E-state index in [9.17, 15) is 8.42 Å². The topological polar surface area (TPSA) is 54.4 Å². The van der Waals surface area contributed by atoms with E-state index in [4.69, 9.17) is 4.55 Å². The van der Waals surface area contributed by atoms with Gasteiger partial charge in [-0.15, -0.1) is 0 Å². The summed E-state index contributed by atoms with van der Waals surface area (Å²) >= 11 is 0. The van der Waals surface area contributed by atoms with Gasteiger partial charge in [0.2, 0.25) is 0 Å². The van der Waals surface area contributed by atoms with Crippen molar-refractivity contribution in [3.63, 3.8) is 0 Å². The van der Waals surface area contributed by atoms with Crippen LogP contribution in [-0.2, 0) is 10.1 Å². The Bertz CT molecular complexity index is 137. The quantitative estimate of drug-likeness (QED) is 0.381. The normalized spacial score (nSPS) is 11.0. The van der Waals surface area contributed by atoms with E-state index in [0.717, 1.165) is 0 Å². The molecule has 5 heteroatoms. The zero-order chi connectivity index (χ0) is 6.08. The molecule has 0 radical (unpaired) electrons. The Morgan fingerprint density at radius 1 is 1.38 bits per heavy atom. The predicted octanol–water partition coefficient (Wildman–Crippen LogP) is -2.55. The van der Waals surface area contributed by atoms with Crippen LogP contribution in [-0.4, -0.2) is 13.0 Å². The van der Waals surface area contributed by atoms with E-state index in [1.54, 1.807) is 0 Å². The minimum Gasteiger partial charge on any atom is -0.309 e. The first kappa shape index (κ1) is 12.4. The molecule has 0 aliphatic carbocycles. The van der Waals surface area contributed by atoms with Crippen molar-refractivity contribution in [2.45, 2.75) is 13.8 Å². The first-order valence-electron chi connectivity index (χ1n) is 1.72. The summed E-state index contributed by atoms with van der Waals surface area (Å²) in [4.78, 5) is 0. The van der Waals surface area contributed by atoms with Crippen molar-refractivity contribution >= 4 is 10.1 Å². The van der Waals surface area contributed by atoms with Crippen molar-refractivity contribution in [1.29, 1.82) is 0 Å². The van der Waals surface area contributed by atoms with Crippen molar-refractivity contribution < 1.29 is 71.2 Å². The molecule has 0 aliphatic rings. The van der Waals surface area contributed by atoms with Gasteiger partial charge in [-0.3, -0.25) is 0 Å². The first-order valence-corrected chi connectivity index (χ1v) is 3.16. The zero-order valence-corrected chi connectivity index (χ0v) is 10.9. The van der Waals surface area contributed by atoms with Gasteiger partial charge in [0.1, 0.15) is 10.1 Å². The zero-order valence-electron chi connectivity index (χ0n) is 5.17. The summed E-state index contributed by atoms with van der Waals surface area (Å²) in [6, 6.07) is 0. The fourth-order valence-electron chi connectivity index (χ4n) is 0. The standard InChI is InChI=1S/C3H7O3S.Rb/c1-3(2)7(4,5)6;/h1-2H3,(H,4,5,6);/q-1;+1. The summed E-state index contributed by atoms with van der Waals surface area (Å²) in [5.74, 6) is 0. The smallest absolute Gasteiger partial charge is 0.309 e. The third kappa shape index (κ3) is 5.84. The summed E-state index contributed by atoms with van der Waals surface area (Å²) in [5, 5.41) is 0.0208. The largest absolute Gasteiger partial charge is 1.00 e. The van der Waals surface area contributed by atoms with Gasteiger partial charge in [-0.25, -0.2) is 8.42 Å². The maximum atomic E-state index is 9.85. The summed E-state index contributed by atoms with van der Waals surface area (Å²) in [6.45, 7) is 2.66. The van der Waals surface area contributed by atoms with Gasteiger partial charge < -0.3 is 4.55 Å². The molecule has 0 bridgehead atoms. The second-order valence-corrected chi connectivity index (χ2v) is 3.15. The van der Waals surface area contributed by atoms with Crippen LogP contribution in [0.5, 0.6) is 0 Å². The van der Waals surface area contributed by atoms with Gasteiger partial charge >= 0.3 is 58.2 Å². The van der Waals surface area contributed by atoms with Gasteiger partial charge in [0.25, 0.3) is 0 Å². The Labute approximate surface area is 98.4 Å². The molecule has 0 aromatic rings. The molecule has 3 nitrogen and oxygen atoms in total. The van der Waals surface area contributed by atoms with E-state index >= 15 is 0 Å². The molecule has 0 aliphatic heterocycles. The fraction of sp³-hybridized carbons (Fsp3) is 0.667. The molecule has 0 aromatic carbocycles. The van der Waals surface area contributed by atoms with E-state index in [0.29, 0.717) is 0 Å². The molecule has 0 heterocycles. The van der Waals surface area contributed by atoms with Gasteiger partial charge in [0, 0.05) is 0 Å². The second-order valence-electron chi connectivity index (χ2n) is 1.38. The fourth-order valence-corrected chi connectivity index (χ4v) is 0. The van der Waals surface area contributed by atoms with Crippen molar-refractivity contribution in [3.8, 4) is 0 Å². The Hall–Kier alpha value is 1.72. The van der Waals surface area contributed by atoms with Crippen molar-refractivity contribution in [2.75, 3.05) is 0 Å². The molecule has 0 amide bonds. The van der Waals surface area contributed by atoms with Crippen LogP contribution in [0.15, 0.2) is 0 Å². The van der Waals surface area contributed by atoms with Crippen molar-refractivity contribution in [2.24, 2.45) is 0 Å². The second kappa shape index (κ2) is 4.52. The number of hydrogen-bond donors (Lipinski definition) is 1. The molecule has 1 N–H and O–H groups in total. The molecule has 0 unspecified atom stereocenters. The third-order valence-electron chi connectivity index (χ3n) is 0.516. The molecule has 8 heavy (non-hydrogen) atoms. The van der Waals surface area contributed by atoms with E-state index in [1.165, 1.54) is 13.8 Å². The molecule has 0 rings (SSSR count). The minimum atomic E-state index is -3.82. The Morgan fingerprint density at radius 3 is 1.50 bits per heavy atom. The molecule has 0 saturated carbocycles. The number of hydrogen-bond acceptors (Lipinski definition) is 2. The molecule has 0 fully saturated rings. The minimum absolute atomic E-state index is 0. The summed E-state index contributed by atoms with van der Waals surface area (Å²) in [7, 11) is -3.82. The molecular formula is C3H7O3RbS. The van der Waals surface area contributed by atoms with Crippen LogP contribution < -0.4 is 58.2 Å². The monoisotopic (exact) mass is 208 g/mol. The maximum absolute atomic E-state index is 9.85. The van der Waals surface area contributed by atoms with Gasteiger partial charge in [-0.2, -0.15) is 19.1 Å². The van der Waals surface area contributed by atoms with Crippen LogP contribution in [0.1, 0.15) is 13.8 Å². The van der Waals surface area contributed by atoms with Gasteiger partial charge in [-0.1, -0.05) is 0 Å². The average Bonchev–Trinajstić information content (AvgIpc) is 1.31. The summed E-state index contributed by atoms with van der Waals surface area (Å²) in [6.07, 6.45) is 0. The maximum Gasteiger partial charge on any atom is 1.00 e. The Morgan fingerprint density at radius 2 is 1.50 bits per heavy atom. The van der Waals surface area contributed by atoms with Crippen LogP contribution in [0.2, 0.25) is 0 Å². The van der Waals surface area contributed by atoms with Crippen LogP contribution in [0.4, 0.5) is 0 Å². The third-order valence-corrected chi connectivity index (χ3v) is 1.55. The van der Waals surface area contributed by atoms with Crippen LogP contribution in [0.25, 0.3) is 0 Å². The Balaban J connectivity index is 0. The molecular weight excluding hydrogens is 202 g/mol. The number of rotatable bonds is 1. The van der Waals surface area contributed by atoms with Crippen LogP contribution >= 0.6 is 0 Å². The summed E-state index contributed by atoms with van der Waals surface area (Å²) in [5.41, 5.74) is 0. The van der Waals surface area contributed by atoms with Crippen molar-refractivity contribution in [1.82, 2.24) is 0 Å². The Kier molecular flexibility index (Phi) is 7.00. The predicted molar refractivity (Wildman–Crippen MR) is 26.1 cm³/mol.